The number of hydrogen-bond acceptors (Lipinski definition) is 3. The third kappa shape index (κ3) is 9.68. The van der Waals surface area contributed by atoms with Crippen LogP contribution in [-0.2, 0) is 28.3 Å². The van der Waals surface area contributed by atoms with Crippen molar-refractivity contribution in [1.29, 1.82) is 0 Å². The molecule has 1 N–H and O–H groups in total. The van der Waals surface area contributed by atoms with Crippen LogP contribution < -0.4 is 5.32 Å². The van der Waals surface area contributed by atoms with E-state index in [-0.39, 0.29) is 17.6 Å². The van der Waals surface area contributed by atoms with Gasteiger partial charge in [-0.2, -0.15) is 0 Å². The Balaban J connectivity index is 1.84. The summed E-state index contributed by atoms with van der Waals surface area (Å²) in [4.78, 5) is 28.9. The molecule has 196 valence electrons. The summed E-state index contributed by atoms with van der Waals surface area (Å²) >= 11 is 17.2. The molecule has 0 aliphatic heterocycles. The van der Waals surface area contributed by atoms with Gasteiger partial charge in [0.15, 0.2) is 0 Å². The molecular formula is C29H31BrCl2N2O2S. The van der Waals surface area contributed by atoms with Crippen LogP contribution in [0.25, 0.3) is 0 Å². The largest absolute Gasteiger partial charge is 0.354 e. The zero-order valence-corrected chi connectivity index (χ0v) is 24.8. The predicted molar refractivity (Wildman–Crippen MR) is 159 cm³/mol. The van der Waals surface area contributed by atoms with Gasteiger partial charge in [-0.1, -0.05) is 102 Å². The molecule has 0 fully saturated rings. The number of benzene rings is 3. The Labute approximate surface area is 242 Å². The average molecular weight is 622 g/mol. The van der Waals surface area contributed by atoms with Crippen molar-refractivity contribution < 1.29 is 9.59 Å². The lowest BCUT2D eigenvalue weighted by atomic mass is 10.0. The Bertz CT molecular complexity index is 1190. The second kappa shape index (κ2) is 14.8. The van der Waals surface area contributed by atoms with E-state index < -0.39 is 6.04 Å². The Morgan fingerprint density at radius 3 is 2.32 bits per heavy atom. The van der Waals surface area contributed by atoms with Crippen molar-refractivity contribution in [3.63, 3.8) is 0 Å². The standard InChI is InChI=1S/C29H31BrCl2N2O2S/c1-20(2)16-33-29(36)27(15-21-7-4-3-5-8-21)34(17-22-9-6-10-24(30)13-22)28(35)19-37-18-23-11-12-25(31)26(32)14-23/h3-14,20,27H,15-19H2,1-2H3,(H,33,36)/t27-/m1/s1. The van der Waals surface area contributed by atoms with Gasteiger partial charge in [0, 0.05) is 29.7 Å². The van der Waals surface area contributed by atoms with Gasteiger partial charge in [-0.25, -0.2) is 0 Å². The van der Waals surface area contributed by atoms with E-state index in [0.29, 0.717) is 41.2 Å². The van der Waals surface area contributed by atoms with Crippen molar-refractivity contribution in [3.05, 3.63) is 104 Å². The zero-order chi connectivity index (χ0) is 26.8. The van der Waals surface area contributed by atoms with Crippen molar-refractivity contribution in [2.75, 3.05) is 12.3 Å². The summed E-state index contributed by atoms with van der Waals surface area (Å²) in [5, 5.41) is 4.05. The molecule has 0 saturated heterocycles. The van der Waals surface area contributed by atoms with Crippen molar-refractivity contribution >= 4 is 62.7 Å². The molecule has 4 nitrogen and oxygen atoms in total. The molecule has 0 saturated carbocycles. The van der Waals surface area contributed by atoms with E-state index >= 15 is 0 Å². The summed E-state index contributed by atoms with van der Waals surface area (Å²) < 4.78 is 0.926. The van der Waals surface area contributed by atoms with E-state index in [2.05, 4.69) is 35.1 Å². The highest BCUT2D eigenvalue weighted by atomic mass is 79.9. The van der Waals surface area contributed by atoms with Crippen LogP contribution >= 0.6 is 50.9 Å². The molecule has 8 heteroatoms. The van der Waals surface area contributed by atoms with Crippen LogP contribution in [0.4, 0.5) is 0 Å². The lowest BCUT2D eigenvalue weighted by molar-refractivity contribution is -0.139. The minimum atomic E-state index is -0.641. The van der Waals surface area contributed by atoms with Crippen LogP contribution in [0.2, 0.25) is 10.0 Å². The minimum Gasteiger partial charge on any atom is -0.354 e. The average Bonchev–Trinajstić information content (AvgIpc) is 2.87. The molecule has 3 aromatic carbocycles. The highest BCUT2D eigenvalue weighted by Gasteiger charge is 2.30. The van der Waals surface area contributed by atoms with E-state index in [0.717, 1.165) is 21.2 Å². The Morgan fingerprint density at radius 1 is 0.919 bits per heavy atom. The maximum Gasteiger partial charge on any atom is 0.243 e. The first-order chi connectivity index (χ1) is 17.7. The molecule has 1 atom stereocenters. The summed E-state index contributed by atoms with van der Waals surface area (Å²) in [6.45, 7) is 4.99. The number of nitrogens with zero attached hydrogens (tertiary/aromatic N) is 1. The van der Waals surface area contributed by atoms with E-state index in [1.54, 1.807) is 11.0 Å². The number of amides is 2. The number of carbonyl (C=O) groups is 2. The summed E-state index contributed by atoms with van der Waals surface area (Å²) in [6, 6.07) is 22.5. The number of thioether (sulfide) groups is 1. The number of rotatable bonds is 12. The lowest BCUT2D eigenvalue weighted by Gasteiger charge is -2.32. The van der Waals surface area contributed by atoms with Crippen molar-refractivity contribution in [2.45, 2.75) is 38.6 Å². The minimum absolute atomic E-state index is 0.0920. The summed E-state index contributed by atoms with van der Waals surface area (Å²) in [5.41, 5.74) is 2.94. The first kappa shape index (κ1) is 29.6. The van der Waals surface area contributed by atoms with Crippen molar-refractivity contribution in [3.8, 4) is 0 Å². The zero-order valence-electron chi connectivity index (χ0n) is 20.9. The normalized spacial score (nSPS) is 11.8. The van der Waals surface area contributed by atoms with Crippen molar-refractivity contribution in [1.82, 2.24) is 10.2 Å². The topological polar surface area (TPSA) is 49.4 Å². The Kier molecular flexibility index (Phi) is 11.8. The molecule has 0 aliphatic rings. The smallest absolute Gasteiger partial charge is 0.243 e. The fourth-order valence-corrected chi connectivity index (χ4v) is 5.40. The second-order valence-corrected chi connectivity index (χ2v) is 12.0. The molecule has 0 aromatic heterocycles. The van der Waals surface area contributed by atoms with Gasteiger partial charge in [0.1, 0.15) is 6.04 Å². The molecule has 3 aromatic rings. The van der Waals surface area contributed by atoms with E-state index in [1.807, 2.05) is 66.7 Å². The fourth-order valence-electron chi connectivity index (χ4n) is 3.78. The highest BCUT2D eigenvalue weighted by molar-refractivity contribution is 9.10. The van der Waals surface area contributed by atoms with Crippen LogP contribution in [0, 0.1) is 5.92 Å². The van der Waals surface area contributed by atoms with Gasteiger partial charge in [-0.3, -0.25) is 9.59 Å². The molecule has 0 spiro atoms. The van der Waals surface area contributed by atoms with Gasteiger partial charge < -0.3 is 10.2 Å². The van der Waals surface area contributed by atoms with Crippen LogP contribution in [0.15, 0.2) is 77.3 Å². The van der Waals surface area contributed by atoms with E-state index in [9.17, 15) is 9.59 Å². The molecule has 0 heterocycles. The maximum absolute atomic E-state index is 13.7. The number of nitrogens with one attached hydrogen (secondary N) is 1. The Morgan fingerprint density at radius 2 is 1.65 bits per heavy atom. The van der Waals surface area contributed by atoms with Crippen LogP contribution in [0.1, 0.15) is 30.5 Å². The van der Waals surface area contributed by atoms with Gasteiger partial charge in [0.25, 0.3) is 0 Å². The van der Waals surface area contributed by atoms with Gasteiger partial charge in [-0.15, -0.1) is 11.8 Å². The highest BCUT2D eigenvalue weighted by Crippen LogP contribution is 2.25. The SMILES string of the molecule is CC(C)CNC(=O)[C@@H](Cc1ccccc1)N(Cc1cccc(Br)c1)C(=O)CSCc1ccc(Cl)c(Cl)c1. The molecule has 3 rings (SSSR count). The molecular weight excluding hydrogens is 591 g/mol. The van der Waals surface area contributed by atoms with Crippen LogP contribution in [0.3, 0.4) is 0 Å². The van der Waals surface area contributed by atoms with E-state index in [4.69, 9.17) is 23.2 Å². The summed E-state index contributed by atoms with van der Waals surface area (Å²) in [7, 11) is 0. The third-order valence-corrected chi connectivity index (χ3v) is 7.90. The summed E-state index contributed by atoms with van der Waals surface area (Å²) in [6.07, 6.45) is 0.433. The van der Waals surface area contributed by atoms with E-state index in [1.165, 1.54) is 11.8 Å². The molecule has 0 unspecified atom stereocenters. The first-order valence-corrected chi connectivity index (χ1v) is 14.8. The molecule has 0 radical (unpaired) electrons. The monoisotopic (exact) mass is 620 g/mol. The number of halogens is 3. The van der Waals surface area contributed by atoms with Gasteiger partial charge in [-0.05, 0) is 46.9 Å². The maximum atomic E-state index is 13.7. The molecule has 0 aliphatic carbocycles. The van der Waals surface area contributed by atoms with Crippen LogP contribution in [-0.4, -0.2) is 35.1 Å². The number of carbonyl (C=O) groups excluding carboxylic acids is 2. The first-order valence-electron chi connectivity index (χ1n) is 12.1. The van der Waals surface area contributed by atoms with Gasteiger partial charge in [0.05, 0.1) is 15.8 Å². The number of hydrogen-bond donors (Lipinski definition) is 1. The second-order valence-electron chi connectivity index (χ2n) is 9.24. The van der Waals surface area contributed by atoms with Gasteiger partial charge >= 0.3 is 0 Å². The quantitative estimate of drug-likeness (QED) is 0.229. The van der Waals surface area contributed by atoms with Gasteiger partial charge in [0.2, 0.25) is 11.8 Å². The predicted octanol–water partition coefficient (Wildman–Crippen LogP) is 7.40. The van der Waals surface area contributed by atoms with Crippen LogP contribution in [0.5, 0.6) is 0 Å². The fraction of sp³-hybridized carbons (Fsp3) is 0.310. The molecule has 2 amide bonds. The van der Waals surface area contributed by atoms with Crippen molar-refractivity contribution in [2.24, 2.45) is 5.92 Å². The molecule has 0 bridgehead atoms. The molecule has 37 heavy (non-hydrogen) atoms. The lowest BCUT2D eigenvalue weighted by Crippen LogP contribution is -2.51. The third-order valence-electron chi connectivity index (χ3n) is 5.68. The summed E-state index contributed by atoms with van der Waals surface area (Å²) in [5.74, 6) is 0.908. The Hall–Kier alpha value is -1.99.